The van der Waals surface area contributed by atoms with Crippen molar-refractivity contribution < 1.29 is 14.3 Å². The van der Waals surface area contributed by atoms with Gasteiger partial charge in [0.2, 0.25) is 5.91 Å². The summed E-state index contributed by atoms with van der Waals surface area (Å²) in [6, 6.07) is 8.25. The van der Waals surface area contributed by atoms with Gasteiger partial charge in [-0.25, -0.2) is 9.78 Å². The maximum atomic E-state index is 12.6. The number of carbonyl (C=O) groups excluding carboxylic acids is 2. The highest BCUT2D eigenvalue weighted by molar-refractivity contribution is 7.14. The Morgan fingerprint density at radius 3 is 2.40 bits per heavy atom. The highest BCUT2D eigenvalue weighted by atomic mass is 32.1. The van der Waals surface area contributed by atoms with Crippen LogP contribution in [0.4, 0.5) is 9.93 Å². The minimum Gasteiger partial charge on any atom is -0.378 e. The molecular weight excluding hydrogens is 402 g/mol. The SMILES string of the molecule is Cc1ccc(-c2csc(NC(=O)CN3CCN(C(=O)N4CCOCC4)CC3)n2)cc1. The molecule has 2 aliphatic rings. The van der Waals surface area contributed by atoms with Crippen LogP contribution in [0.5, 0.6) is 0 Å². The van der Waals surface area contributed by atoms with E-state index in [2.05, 4.69) is 34.3 Å². The molecule has 2 fully saturated rings. The second-order valence-electron chi connectivity index (χ2n) is 7.60. The number of anilines is 1. The Bertz CT molecular complexity index is 871. The monoisotopic (exact) mass is 429 g/mol. The molecule has 2 saturated heterocycles. The zero-order chi connectivity index (χ0) is 20.9. The molecule has 0 atom stereocenters. The number of thiazole rings is 1. The summed E-state index contributed by atoms with van der Waals surface area (Å²) in [4.78, 5) is 35.3. The predicted molar refractivity (Wildman–Crippen MR) is 117 cm³/mol. The molecule has 0 bridgehead atoms. The Morgan fingerprint density at radius 2 is 1.70 bits per heavy atom. The third-order valence-corrected chi connectivity index (χ3v) is 6.15. The Balaban J connectivity index is 1.23. The van der Waals surface area contributed by atoms with Crippen molar-refractivity contribution in [2.75, 3.05) is 64.3 Å². The van der Waals surface area contributed by atoms with Gasteiger partial charge in [-0.3, -0.25) is 9.69 Å². The van der Waals surface area contributed by atoms with Crippen molar-refractivity contribution in [2.45, 2.75) is 6.92 Å². The topological polar surface area (TPSA) is 78.0 Å². The van der Waals surface area contributed by atoms with E-state index in [0.29, 0.717) is 64.2 Å². The highest BCUT2D eigenvalue weighted by Crippen LogP contribution is 2.25. The van der Waals surface area contributed by atoms with Gasteiger partial charge in [0.05, 0.1) is 25.5 Å². The van der Waals surface area contributed by atoms with Crippen molar-refractivity contribution in [3.8, 4) is 11.3 Å². The molecule has 30 heavy (non-hydrogen) atoms. The number of hydrogen-bond acceptors (Lipinski definition) is 6. The maximum Gasteiger partial charge on any atom is 0.320 e. The molecule has 0 spiro atoms. The van der Waals surface area contributed by atoms with Crippen LogP contribution in [0.3, 0.4) is 0 Å². The van der Waals surface area contributed by atoms with E-state index in [4.69, 9.17) is 4.74 Å². The number of nitrogens with zero attached hydrogens (tertiary/aromatic N) is 4. The van der Waals surface area contributed by atoms with Crippen LogP contribution in [-0.4, -0.2) is 90.6 Å². The van der Waals surface area contributed by atoms with Crippen LogP contribution < -0.4 is 5.32 Å². The predicted octanol–water partition coefficient (Wildman–Crippen LogP) is 2.13. The molecule has 1 aromatic heterocycles. The molecule has 0 saturated carbocycles. The normalized spacial score (nSPS) is 17.8. The zero-order valence-electron chi connectivity index (χ0n) is 17.2. The summed E-state index contributed by atoms with van der Waals surface area (Å²) in [6.07, 6.45) is 0. The minimum absolute atomic E-state index is 0.0761. The number of hydrogen-bond donors (Lipinski definition) is 1. The summed E-state index contributed by atoms with van der Waals surface area (Å²) in [5.41, 5.74) is 3.11. The lowest BCUT2D eigenvalue weighted by molar-refractivity contribution is -0.117. The summed E-state index contributed by atoms with van der Waals surface area (Å²) in [5, 5.41) is 5.46. The van der Waals surface area contributed by atoms with Crippen LogP contribution in [0.2, 0.25) is 0 Å². The average molecular weight is 430 g/mol. The molecule has 2 aromatic rings. The molecule has 3 amide bonds. The summed E-state index contributed by atoms with van der Waals surface area (Å²) >= 11 is 1.43. The van der Waals surface area contributed by atoms with Crippen LogP contribution in [0, 0.1) is 6.92 Å². The largest absolute Gasteiger partial charge is 0.378 e. The molecule has 1 aromatic carbocycles. The van der Waals surface area contributed by atoms with E-state index < -0.39 is 0 Å². The molecule has 0 radical (unpaired) electrons. The molecule has 0 unspecified atom stereocenters. The van der Waals surface area contributed by atoms with E-state index in [0.717, 1.165) is 11.3 Å². The Hall–Kier alpha value is -2.49. The first kappa shape index (κ1) is 20.8. The van der Waals surface area contributed by atoms with Gasteiger partial charge in [-0.05, 0) is 6.92 Å². The number of amides is 3. The fourth-order valence-corrected chi connectivity index (χ4v) is 4.34. The van der Waals surface area contributed by atoms with Gasteiger partial charge in [0.15, 0.2) is 5.13 Å². The summed E-state index contributed by atoms with van der Waals surface area (Å²) < 4.78 is 5.31. The maximum absolute atomic E-state index is 12.6. The lowest BCUT2D eigenvalue weighted by atomic mass is 10.1. The smallest absolute Gasteiger partial charge is 0.320 e. The lowest BCUT2D eigenvalue weighted by Gasteiger charge is -2.38. The van der Waals surface area contributed by atoms with Crippen molar-refractivity contribution in [2.24, 2.45) is 0 Å². The van der Waals surface area contributed by atoms with Gasteiger partial charge in [-0.15, -0.1) is 11.3 Å². The van der Waals surface area contributed by atoms with Crippen LogP contribution in [0.15, 0.2) is 29.6 Å². The van der Waals surface area contributed by atoms with Crippen LogP contribution in [-0.2, 0) is 9.53 Å². The first-order valence-corrected chi connectivity index (χ1v) is 11.1. The Kier molecular flexibility index (Phi) is 6.61. The van der Waals surface area contributed by atoms with Gasteiger partial charge in [0.25, 0.3) is 0 Å². The second-order valence-corrected chi connectivity index (χ2v) is 8.46. The van der Waals surface area contributed by atoms with Gasteiger partial charge >= 0.3 is 6.03 Å². The molecule has 160 valence electrons. The van der Waals surface area contributed by atoms with Gasteiger partial charge in [-0.2, -0.15) is 0 Å². The third kappa shape index (κ3) is 5.16. The molecular formula is C21H27N5O3S. The Labute approximate surface area is 180 Å². The van der Waals surface area contributed by atoms with Gasteiger partial charge in [0.1, 0.15) is 0 Å². The number of nitrogens with one attached hydrogen (secondary N) is 1. The van der Waals surface area contributed by atoms with Gasteiger partial charge in [0, 0.05) is 50.2 Å². The summed E-state index contributed by atoms with van der Waals surface area (Å²) in [7, 11) is 0. The number of aromatic nitrogens is 1. The molecule has 4 rings (SSSR count). The molecule has 1 N–H and O–H groups in total. The van der Waals surface area contributed by atoms with E-state index in [9.17, 15) is 9.59 Å². The molecule has 0 aliphatic carbocycles. The van der Waals surface area contributed by atoms with Crippen molar-refractivity contribution in [3.63, 3.8) is 0 Å². The number of morpholine rings is 1. The van der Waals surface area contributed by atoms with Crippen LogP contribution >= 0.6 is 11.3 Å². The number of benzene rings is 1. The van der Waals surface area contributed by atoms with E-state index in [-0.39, 0.29) is 11.9 Å². The number of urea groups is 1. The first-order chi connectivity index (χ1) is 14.6. The van der Waals surface area contributed by atoms with E-state index in [1.54, 1.807) is 0 Å². The molecule has 3 heterocycles. The fourth-order valence-electron chi connectivity index (χ4n) is 3.60. The molecule has 9 heteroatoms. The van der Waals surface area contributed by atoms with Crippen LogP contribution in [0.1, 0.15) is 5.56 Å². The van der Waals surface area contributed by atoms with Crippen LogP contribution in [0.25, 0.3) is 11.3 Å². The zero-order valence-corrected chi connectivity index (χ0v) is 18.0. The first-order valence-electron chi connectivity index (χ1n) is 10.2. The number of rotatable bonds is 4. The van der Waals surface area contributed by atoms with E-state index in [1.165, 1.54) is 16.9 Å². The number of piperazine rings is 1. The van der Waals surface area contributed by atoms with Crippen molar-refractivity contribution in [1.29, 1.82) is 0 Å². The van der Waals surface area contributed by atoms with Crippen molar-refractivity contribution in [3.05, 3.63) is 35.2 Å². The van der Waals surface area contributed by atoms with E-state index >= 15 is 0 Å². The Morgan fingerprint density at radius 1 is 1.03 bits per heavy atom. The van der Waals surface area contributed by atoms with Gasteiger partial charge < -0.3 is 19.9 Å². The number of aryl methyl sites for hydroxylation is 1. The lowest BCUT2D eigenvalue weighted by Crippen LogP contribution is -2.55. The summed E-state index contributed by atoms with van der Waals surface area (Å²) in [6.45, 7) is 7.53. The van der Waals surface area contributed by atoms with Crippen molar-refractivity contribution in [1.82, 2.24) is 19.7 Å². The number of carbonyl (C=O) groups is 2. The van der Waals surface area contributed by atoms with E-state index in [1.807, 2.05) is 27.3 Å². The van der Waals surface area contributed by atoms with Gasteiger partial charge in [-0.1, -0.05) is 29.8 Å². The average Bonchev–Trinajstić information content (AvgIpc) is 3.23. The standard InChI is InChI=1S/C21H27N5O3S/c1-16-2-4-17(5-3-16)18-15-30-20(22-18)23-19(27)14-24-6-8-25(9-7-24)21(28)26-10-12-29-13-11-26/h2-5,15H,6-14H2,1H3,(H,22,23,27). The van der Waals surface area contributed by atoms with Crippen molar-refractivity contribution >= 4 is 28.4 Å². The molecule has 2 aliphatic heterocycles. The quantitative estimate of drug-likeness (QED) is 0.806. The minimum atomic E-state index is -0.0761. The fraction of sp³-hybridized carbons (Fsp3) is 0.476. The number of ether oxygens (including phenoxy) is 1. The molecule has 8 nitrogen and oxygen atoms in total. The third-order valence-electron chi connectivity index (χ3n) is 5.39. The summed E-state index contributed by atoms with van der Waals surface area (Å²) in [5.74, 6) is -0.0761. The highest BCUT2D eigenvalue weighted by Gasteiger charge is 2.27. The second kappa shape index (κ2) is 9.55.